The molecular weight excluding hydrogens is 336 g/mol. The monoisotopic (exact) mass is 362 g/mol. The lowest BCUT2D eigenvalue weighted by Crippen LogP contribution is -2.17. The predicted molar refractivity (Wildman–Crippen MR) is 119 cm³/mol. The molecule has 0 unspecified atom stereocenters. The van der Waals surface area contributed by atoms with Crippen molar-refractivity contribution in [3.8, 4) is 0 Å². The van der Waals surface area contributed by atoms with Gasteiger partial charge in [0.1, 0.15) is 0 Å². The quantitative estimate of drug-likeness (QED) is 0.331. The molecule has 0 spiro atoms. The number of benzene rings is 4. The molecule has 0 aliphatic carbocycles. The first-order valence-corrected chi connectivity index (χ1v) is 10.1. The zero-order chi connectivity index (χ0) is 19.0. The van der Waals surface area contributed by atoms with Crippen LogP contribution in [0, 0.1) is 0 Å². The third-order valence-electron chi connectivity index (χ3n) is 5.54. The van der Waals surface area contributed by atoms with Gasteiger partial charge in [-0.05, 0) is 46.9 Å². The first kappa shape index (κ1) is 18.3. The topological polar surface area (TPSA) is 0 Å². The summed E-state index contributed by atoms with van der Waals surface area (Å²) < 4.78 is 0. The molecule has 0 heterocycles. The van der Waals surface area contributed by atoms with Gasteiger partial charge >= 0.3 is 0 Å². The Bertz CT molecular complexity index is 861. The Kier molecular flexibility index (Phi) is 5.99. The van der Waals surface area contributed by atoms with Crippen LogP contribution in [-0.2, 0) is 12.8 Å². The van der Waals surface area contributed by atoms with Gasteiger partial charge in [-0.1, -0.05) is 121 Å². The molecule has 0 N–H and O–H groups in total. The van der Waals surface area contributed by atoms with E-state index in [-0.39, 0.29) is 0 Å². The summed E-state index contributed by atoms with van der Waals surface area (Å²) >= 11 is 0. The Labute approximate surface area is 168 Å². The molecule has 4 rings (SSSR count). The van der Waals surface area contributed by atoms with Crippen LogP contribution in [0.3, 0.4) is 0 Å². The molecule has 0 aromatic heterocycles. The Balaban J connectivity index is 1.76. The molecule has 138 valence electrons. The summed E-state index contributed by atoms with van der Waals surface area (Å²) in [4.78, 5) is 0. The highest BCUT2D eigenvalue weighted by Crippen LogP contribution is 2.38. The van der Waals surface area contributed by atoms with Crippen LogP contribution >= 0.6 is 0 Å². The van der Waals surface area contributed by atoms with E-state index in [4.69, 9.17) is 0 Å². The fraction of sp³-hybridized carbons (Fsp3) is 0.143. The smallest absolute Gasteiger partial charge is 0.00494 e. The van der Waals surface area contributed by atoms with E-state index >= 15 is 0 Å². The summed E-state index contributed by atoms with van der Waals surface area (Å²) in [6.45, 7) is 0. The highest BCUT2D eigenvalue weighted by molar-refractivity contribution is 5.33. The third-order valence-corrected chi connectivity index (χ3v) is 5.54. The largest absolute Gasteiger partial charge is 0.0622 e. The molecule has 0 amide bonds. The first-order valence-electron chi connectivity index (χ1n) is 10.1. The van der Waals surface area contributed by atoms with Crippen LogP contribution in [-0.4, -0.2) is 0 Å². The van der Waals surface area contributed by atoms with Crippen molar-refractivity contribution >= 4 is 0 Å². The van der Waals surface area contributed by atoms with Crippen LogP contribution in [0.2, 0.25) is 0 Å². The van der Waals surface area contributed by atoms with Gasteiger partial charge < -0.3 is 0 Å². The SMILES string of the molecule is c1ccc(C[C@H](c2ccccc2)[C@@H](Cc2ccccc2)c2ccccc2)cc1. The molecule has 0 saturated carbocycles. The molecule has 4 aromatic rings. The first-order chi connectivity index (χ1) is 13.9. The Morgan fingerprint density at radius 3 is 0.964 bits per heavy atom. The van der Waals surface area contributed by atoms with E-state index in [2.05, 4.69) is 121 Å². The van der Waals surface area contributed by atoms with Crippen molar-refractivity contribution in [2.24, 2.45) is 0 Å². The zero-order valence-corrected chi connectivity index (χ0v) is 16.1. The van der Waals surface area contributed by atoms with E-state index < -0.39 is 0 Å². The standard InChI is InChI=1S/C28H26/c1-5-13-23(14-6-1)21-27(25-17-9-3-10-18-25)28(26-19-11-4-12-20-26)22-24-15-7-2-8-16-24/h1-20,27-28H,21-22H2/t27-,28+. The highest BCUT2D eigenvalue weighted by Gasteiger charge is 2.25. The lowest BCUT2D eigenvalue weighted by atomic mass is 9.75. The molecule has 0 nitrogen and oxygen atoms in total. The lowest BCUT2D eigenvalue weighted by Gasteiger charge is -2.29. The minimum Gasteiger partial charge on any atom is -0.0622 e. The second kappa shape index (κ2) is 9.19. The van der Waals surface area contributed by atoms with Crippen molar-refractivity contribution < 1.29 is 0 Å². The van der Waals surface area contributed by atoms with Crippen LogP contribution in [0.15, 0.2) is 121 Å². The molecule has 0 saturated heterocycles. The Morgan fingerprint density at radius 2 is 0.643 bits per heavy atom. The van der Waals surface area contributed by atoms with Crippen LogP contribution < -0.4 is 0 Å². The van der Waals surface area contributed by atoms with Crippen LogP contribution in [0.5, 0.6) is 0 Å². The number of hydrogen-bond acceptors (Lipinski definition) is 0. The van der Waals surface area contributed by atoms with Crippen LogP contribution in [0.25, 0.3) is 0 Å². The van der Waals surface area contributed by atoms with Gasteiger partial charge in [0.2, 0.25) is 0 Å². The second-order valence-electron chi connectivity index (χ2n) is 7.41. The molecule has 0 fully saturated rings. The molecular formula is C28H26. The van der Waals surface area contributed by atoms with Crippen molar-refractivity contribution in [2.75, 3.05) is 0 Å². The fourth-order valence-corrected chi connectivity index (χ4v) is 4.12. The van der Waals surface area contributed by atoms with Crippen molar-refractivity contribution in [1.29, 1.82) is 0 Å². The maximum atomic E-state index is 2.29. The Morgan fingerprint density at radius 1 is 0.357 bits per heavy atom. The summed E-state index contributed by atoms with van der Waals surface area (Å²) in [7, 11) is 0. The minimum absolute atomic E-state index is 0.422. The van der Waals surface area contributed by atoms with Crippen molar-refractivity contribution in [1.82, 2.24) is 0 Å². The maximum absolute atomic E-state index is 2.29. The molecule has 2 atom stereocenters. The summed E-state index contributed by atoms with van der Waals surface area (Å²) in [6.07, 6.45) is 2.08. The Hall–Kier alpha value is -3.12. The van der Waals surface area contributed by atoms with E-state index in [1.165, 1.54) is 22.3 Å². The molecule has 0 radical (unpaired) electrons. The van der Waals surface area contributed by atoms with Crippen LogP contribution in [0.4, 0.5) is 0 Å². The van der Waals surface area contributed by atoms with Crippen molar-refractivity contribution in [3.63, 3.8) is 0 Å². The van der Waals surface area contributed by atoms with E-state index in [1.54, 1.807) is 0 Å². The summed E-state index contributed by atoms with van der Waals surface area (Å²) in [6, 6.07) is 43.8. The molecule has 28 heavy (non-hydrogen) atoms. The summed E-state index contributed by atoms with van der Waals surface area (Å²) in [5, 5.41) is 0. The average Bonchev–Trinajstić information content (AvgIpc) is 2.79. The van der Waals surface area contributed by atoms with Gasteiger partial charge in [0, 0.05) is 0 Å². The summed E-state index contributed by atoms with van der Waals surface area (Å²) in [5.74, 6) is 0.845. The maximum Gasteiger partial charge on any atom is -0.00494 e. The third kappa shape index (κ3) is 4.58. The van der Waals surface area contributed by atoms with E-state index in [9.17, 15) is 0 Å². The number of hydrogen-bond donors (Lipinski definition) is 0. The van der Waals surface area contributed by atoms with Gasteiger partial charge in [-0.15, -0.1) is 0 Å². The van der Waals surface area contributed by atoms with E-state index in [0.717, 1.165) is 12.8 Å². The molecule has 0 heteroatoms. The fourth-order valence-electron chi connectivity index (χ4n) is 4.12. The van der Waals surface area contributed by atoms with Gasteiger partial charge in [0.15, 0.2) is 0 Å². The van der Waals surface area contributed by atoms with Gasteiger partial charge in [0.25, 0.3) is 0 Å². The van der Waals surface area contributed by atoms with Gasteiger partial charge in [-0.3, -0.25) is 0 Å². The number of rotatable bonds is 7. The normalized spacial score (nSPS) is 13.0. The minimum atomic E-state index is 0.422. The second-order valence-corrected chi connectivity index (χ2v) is 7.41. The molecule has 0 aliphatic rings. The summed E-state index contributed by atoms with van der Waals surface area (Å²) in [5.41, 5.74) is 5.61. The van der Waals surface area contributed by atoms with E-state index in [0.29, 0.717) is 11.8 Å². The van der Waals surface area contributed by atoms with Gasteiger partial charge in [-0.2, -0.15) is 0 Å². The van der Waals surface area contributed by atoms with E-state index in [1.807, 2.05) is 0 Å². The van der Waals surface area contributed by atoms with Crippen molar-refractivity contribution in [3.05, 3.63) is 144 Å². The molecule has 4 aromatic carbocycles. The predicted octanol–water partition coefficient (Wildman–Crippen LogP) is 7.04. The van der Waals surface area contributed by atoms with Crippen LogP contribution in [0.1, 0.15) is 34.1 Å². The lowest BCUT2D eigenvalue weighted by molar-refractivity contribution is 0.531. The van der Waals surface area contributed by atoms with Gasteiger partial charge in [-0.25, -0.2) is 0 Å². The highest BCUT2D eigenvalue weighted by atomic mass is 14.3. The molecule has 0 bridgehead atoms. The molecule has 0 aliphatic heterocycles. The van der Waals surface area contributed by atoms with Gasteiger partial charge in [0.05, 0.1) is 0 Å². The average molecular weight is 363 g/mol. The van der Waals surface area contributed by atoms with Crippen molar-refractivity contribution in [2.45, 2.75) is 24.7 Å². The zero-order valence-electron chi connectivity index (χ0n) is 16.1.